The Hall–Kier alpha value is -2.12. The largest absolute Gasteiger partial charge is 0.439 e. The molecule has 1 atom stereocenters. The number of nitrogens with two attached hydrogens (primary N) is 1. The highest BCUT2D eigenvalue weighted by atomic mass is 16.5. The van der Waals surface area contributed by atoms with Gasteiger partial charge >= 0.3 is 0 Å². The van der Waals surface area contributed by atoms with E-state index in [2.05, 4.69) is 10.3 Å². The summed E-state index contributed by atoms with van der Waals surface area (Å²) in [5.74, 6) is 0.515. The van der Waals surface area contributed by atoms with E-state index < -0.39 is 0 Å². The number of likely N-dealkylation sites (N-methyl/N-ethyl adjacent to an activating group) is 1. The highest BCUT2D eigenvalue weighted by Crippen LogP contribution is 2.20. The van der Waals surface area contributed by atoms with Crippen LogP contribution in [0.4, 0.5) is 5.69 Å². The monoisotopic (exact) mass is 290 g/mol. The molecule has 1 saturated heterocycles. The van der Waals surface area contributed by atoms with Crippen molar-refractivity contribution >= 4 is 22.7 Å². The van der Waals surface area contributed by atoms with Gasteiger partial charge in [0.1, 0.15) is 11.6 Å². The van der Waals surface area contributed by atoms with Gasteiger partial charge in [-0.05, 0) is 12.1 Å². The number of hydrogen-bond acceptors (Lipinski definition) is 6. The molecule has 21 heavy (non-hydrogen) atoms. The Labute approximate surface area is 122 Å². The standard InChI is InChI=1S/C14H18N4O3/c1-16-14(19)11-8-20-5-4-18(11)7-13-17-10-3-2-9(15)6-12(10)21-13/h2-3,6,11H,4-5,7-8,15H2,1H3,(H,16,19). The van der Waals surface area contributed by atoms with Crippen LogP contribution in [0.2, 0.25) is 0 Å². The second-order valence-corrected chi connectivity index (χ2v) is 5.01. The van der Waals surface area contributed by atoms with Gasteiger partial charge in [0, 0.05) is 25.3 Å². The summed E-state index contributed by atoms with van der Waals surface area (Å²) in [7, 11) is 1.62. The van der Waals surface area contributed by atoms with Crippen molar-refractivity contribution in [1.29, 1.82) is 0 Å². The lowest BCUT2D eigenvalue weighted by Crippen LogP contribution is -2.52. The van der Waals surface area contributed by atoms with Crippen molar-refractivity contribution in [2.45, 2.75) is 12.6 Å². The molecule has 2 aromatic rings. The van der Waals surface area contributed by atoms with Crippen LogP contribution in [0.5, 0.6) is 0 Å². The van der Waals surface area contributed by atoms with E-state index in [-0.39, 0.29) is 11.9 Å². The predicted molar refractivity (Wildman–Crippen MR) is 77.5 cm³/mol. The van der Waals surface area contributed by atoms with E-state index in [9.17, 15) is 4.79 Å². The second-order valence-electron chi connectivity index (χ2n) is 5.01. The highest BCUT2D eigenvalue weighted by Gasteiger charge is 2.29. The first-order valence-corrected chi connectivity index (χ1v) is 6.85. The minimum atomic E-state index is -0.316. The molecule has 1 aliphatic rings. The first kappa shape index (κ1) is 13.8. The van der Waals surface area contributed by atoms with E-state index in [4.69, 9.17) is 14.9 Å². The average molecular weight is 290 g/mol. The van der Waals surface area contributed by atoms with Crippen LogP contribution < -0.4 is 11.1 Å². The molecule has 1 fully saturated rings. The first-order valence-electron chi connectivity index (χ1n) is 6.85. The zero-order valence-electron chi connectivity index (χ0n) is 11.8. The maximum Gasteiger partial charge on any atom is 0.239 e. The van der Waals surface area contributed by atoms with Gasteiger partial charge in [-0.25, -0.2) is 4.98 Å². The molecule has 1 aromatic carbocycles. The van der Waals surface area contributed by atoms with E-state index in [1.165, 1.54) is 0 Å². The number of nitrogen functional groups attached to an aromatic ring is 1. The van der Waals surface area contributed by atoms with Gasteiger partial charge in [0.25, 0.3) is 0 Å². The highest BCUT2D eigenvalue weighted by molar-refractivity contribution is 5.81. The molecule has 1 unspecified atom stereocenters. The van der Waals surface area contributed by atoms with Crippen molar-refractivity contribution in [3.8, 4) is 0 Å². The number of nitrogens with zero attached hydrogens (tertiary/aromatic N) is 2. The lowest BCUT2D eigenvalue weighted by Gasteiger charge is -2.33. The molecule has 2 heterocycles. The number of aromatic nitrogens is 1. The fraction of sp³-hybridized carbons (Fsp3) is 0.429. The van der Waals surface area contributed by atoms with Gasteiger partial charge in [-0.15, -0.1) is 0 Å². The van der Waals surface area contributed by atoms with E-state index in [0.29, 0.717) is 43.5 Å². The topological polar surface area (TPSA) is 93.6 Å². The first-order chi connectivity index (χ1) is 10.2. The SMILES string of the molecule is CNC(=O)C1COCCN1Cc1nc2ccc(N)cc2o1. The third kappa shape index (κ3) is 2.84. The molecule has 1 aliphatic heterocycles. The van der Waals surface area contributed by atoms with E-state index in [1.54, 1.807) is 19.2 Å². The van der Waals surface area contributed by atoms with Crippen LogP contribution in [0.3, 0.4) is 0 Å². The van der Waals surface area contributed by atoms with Gasteiger partial charge < -0.3 is 20.2 Å². The number of nitrogens with one attached hydrogen (secondary N) is 1. The van der Waals surface area contributed by atoms with Crippen LogP contribution >= 0.6 is 0 Å². The fourth-order valence-corrected chi connectivity index (χ4v) is 2.47. The van der Waals surface area contributed by atoms with Crippen molar-refractivity contribution < 1.29 is 13.9 Å². The molecule has 0 spiro atoms. The summed E-state index contributed by atoms with van der Waals surface area (Å²) in [5.41, 5.74) is 7.80. The molecule has 112 valence electrons. The van der Waals surface area contributed by atoms with E-state index in [0.717, 1.165) is 5.52 Å². The quantitative estimate of drug-likeness (QED) is 0.793. The molecule has 7 nitrogen and oxygen atoms in total. The van der Waals surface area contributed by atoms with Gasteiger partial charge in [-0.2, -0.15) is 0 Å². The van der Waals surface area contributed by atoms with Gasteiger partial charge in [-0.1, -0.05) is 0 Å². The van der Waals surface area contributed by atoms with Crippen LogP contribution in [-0.4, -0.2) is 48.6 Å². The Morgan fingerprint density at radius 3 is 3.24 bits per heavy atom. The van der Waals surface area contributed by atoms with Gasteiger partial charge in [0.05, 0.1) is 19.8 Å². The zero-order valence-corrected chi connectivity index (χ0v) is 11.8. The Morgan fingerprint density at radius 2 is 2.43 bits per heavy atom. The number of morpholine rings is 1. The van der Waals surface area contributed by atoms with Crippen molar-refractivity contribution in [1.82, 2.24) is 15.2 Å². The molecule has 0 aliphatic carbocycles. The molecule has 7 heteroatoms. The summed E-state index contributed by atoms with van der Waals surface area (Å²) in [5, 5.41) is 2.66. The molecule has 0 bridgehead atoms. The minimum absolute atomic E-state index is 0.0601. The number of amides is 1. The molecule has 1 amide bonds. The molecular weight excluding hydrogens is 272 g/mol. The van der Waals surface area contributed by atoms with Crippen LogP contribution in [-0.2, 0) is 16.1 Å². The van der Waals surface area contributed by atoms with Gasteiger partial charge in [-0.3, -0.25) is 9.69 Å². The van der Waals surface area contributed by atoms with Gasteiger partial charge in [0.15, 0.2) is 5.58 Å². The lowest BCUT2D eigenvalue weighted by atomic mass is 10.2. The molecule has 0 radical (unpaired) electrons. The summed E-state index contributed by atoms with van der Waals surface area (Å²) < 4.78 is 11.1. The predicted octanol–water partition coefficient (Wildman–Crippen LogP) is 0.357. The Bertz CT molecular complexity index is 655. The van der Waals surface area contributed by atoms with E-state index in [1.807, 2.05) is 11.0 Å². The summed E-state index contributed by atoms with van der Waals surface area (Å²) >= 11 is 0. The van der Waals surface area contributed by atoms with Crippen molar-refractivity contribution in [3.63, 3.8) is 0 Å². The number of benzene rings is 1. The van der Waals surface area contributed by atoms with Crippen LogP contribution in [0.1, 0.15) is 5.89 Å². The summed E-state index contributed by atoms with van der Waals surface area (Å²) in [4.78, 5) is 18.3. The number of rotatable bonds is 3. The summed E-state index contributed by atoms with van der Waals surface area (Å²) in [6.07, 6.45) is 0. The molecule has 0 saturated carbocycles. The fourth-order valence-electron chi connectivity index (χ4n) is 2.47. The Balaban J connectivity index is 1.80. The van der Waals surface area contributed by atoms with Crippen LogP contribution in [0.15, 0.2) is 22.6 Å². The maximum atomic E-state index is 11.9. The summed E-state index contributed by atoms with van der Waals surface area (Å²) in [6, 6.07) is 5.05. The number of carbonyl (C=O) groups is 1. The smallest absolute Gasteiger partial charge is 0.239 e. The third-order valence-corrected chi connectivity index (χ3v) is 3.58. The minimum Gasteiger partial charge on any atom is -0.439 e. The normalized spacial score (nSPS) is 19.8. The molecular formula is C14H18N4O3. The molecule has 1 aromatic heterocycles. The number of carbonyl (C=O) groups excluding carboxylic acids is 1. The Kier molecular flexibility index (Phi) is 3.76. The third-order valence-electron chi connectivity index (χ3n) is 3.58. The van der Waals surface area contributed by atoms with Crippen molar-refractivity contribution in [3.05, 3.63) is 24.1 Å². The zero-order chi connectivity index (χ0) is 14.8. The molecule has 3 rings (SSSR count). The van der Waals surface area contributed by atoms with Crippen LogP contribution in [0, 0.1) is 0 Å². The molecule has 3 N–H and O–H groups in total. The van der Waals surface area contributed by atoms with Crippen molar-refractivity contribution in [2.75, 3.05) is 32.5 Å². The number of anilines is 1. The maximum absolute atomic E-state index is 11.9. The number of oxazole rings is 1. The second kappa shape index (κ2) is 5.71. The number of hydrogen-bond donors (Lipinski definition) is 2. The summed E-state index contributed by atoms with van der Waals surface area (Å²) in [6.45, 7) is 2.11. The van der Waals surface area contributed by atoms with Crippen LogP contribution in [0.25, 0.3) is 11.1 Å². The number of fused-ring (bicyclic) bond motifs is 1. The lowest BCUT2D eigenvalue weighted by molar-refractivity contribution is -0.132. The van der Waals surface area contributed by atoms with E-state index >= 15 is 0 Å². The number of ether oxygens (including phenoxy) is 1. The van der Waals surface area contributed by atoms with Gasteiger partial charge in [0.2, 0.25) is 11.8 Å². The van der Waals surface area contributed by atoms with Crippen molar-refractivity contribution in [2.24, 2.45) is 0 Å². The Morgan fingerprint density at radius 1 is 1.57 bits per heavy atom. The average Bonchev–Trinajstić information content (AvgIpc) is 2.88.